The third-order valence-electron chi connectivity index (χ3n) is 5.02. The van der Waals surface area contributed by atoms with Crippen LogP contribution in [0.1, 0.15) is 47.2 Å². The SMILES string of the molecule is Cc1cc(C(=O)N2CCN(Cc3cccnc3)CC2)c(C)n1C(C)C. The van der Waals surface area contributed by atoms with Crippen molar-refractivity contribution in [2.75, 3.05) is 26.2 Å². The van der Waals surface area contributed by atoms with E-state index in [0.717, 1.165) is 49.7 Å². The van der Waals surface area contributed by atoms with Crippen molar-refractivity contribution in [1.29, 1.82) is 0 Å². The molecule has 5 nitrogen and oxygen atoms in total. The van der Waals surface area contributed by atoms with Crippen LogP contribution in [-0.4, -0.2) is 51.4 Å². The van der Waals surface area contributed by atoms with Crippen LogP contribution in [0.15, 0.2) is 30.6 Å². The zero-order valence-electron chi connectivity index (χ0n) is 15.7. The second-order valence-corrected chi connectivity index (χ2v) is 7.18. The van der Waals surface area contributed by atoms with E-state index in [-0.39, 0.29) is 5.91 Å². The fourth-order valence-electron chi connectivity index (χ4n) is 3.82. The Balaban J connectivity index is 1.63. The quantitative estimate of drug-likeness (QED) is 0.859. The van der Waals surface area contributed by atoms with Crippen LogP contribution in [0, 0.1) is 13.8 Å². The molecule has 1 amide bonds. The van der Waals surface area contributed by atoms with Crippen molar-refractivity contribution in [3.63, 3.8) is 0 Å². The lowest BCUT2D eigenvalue weighted by atomic mass is 10.2. The van der Waals surface area contributed by atoms with Crippen molar-refractivity contribution < 1.29 is 4.79 Å². The molecule has 0 radical (unpaired) electrons. The molecule has 2 aromatic heterocycles. The van der Waals surface area contributed by atoms with Gasteiger partial charge in [0.05, 0.1) is 5.56 Å². The maximum absolute atomic E-state index is 13.0. The molecule has 0 spiro atoms. The van der Waals surface area contributed by atoms with Crippen LogP contribution in [0.5, 0.6) is 0 Å². The molecule has 3 heterocycles. The highest BCUT2D eigenvalue weighted by Crippen LogP contribution is 2.22. The standard InChI is InChI=1S/C20H28N4O/c1-15(2)24-16(3)12-19(17(24)4)20(25)23-10-8-22(9-11-23)14-18-6-5-7-21-13-18/h5-7,12-13,15H,8-11,14H2,1-4H3. The molecule has 0 aromatic carbocycles. The molecule has 0 unspecified atom stereocenters. The lowest BCUT2D eigenvalue weighted by Gasteiger charge is -2.34. The Morgan fingerprint density at radius 1 is 1.20 bits per heavy atom. The molecule has 25 heavy (non-hydrogen) atoms. The summed E-state index contributed by atoms with van der Waals surface area (Å²) in [5.41, 5.74) is 4.32. The monoisotopic (exact) mass is 340 g/mol. The molecule has 0 bridgehead atoms. The number of carbonyl (C=O) groups is 1. The Morgan fingerprint density at radius 3 is 2.48 bits per heavy atom. The second-order valence-electron chi connectivity index (χ2n) is 7.18. The average Bonchev–Trinajstić information content (AvgIpc) is 2.90. The van der Waals surface area contributed by atoms with Crippen molar-refractivity contribution in [2.24, 2.45) is 0 Å². The highest BCUT2D eigenvalue weighted by atomic mass is 16.2. The van der Waals surface area contributed by atoms with E-state index in [2.05, 4.69) is 48.2 Å². The minimum Gasteiger partial charge on any atom is -0.346 e. The normalized spacial score (nSPS) is 15.8. The van der Waals surface area contributed by atoms with E-state index in [1.54, 1.807) is 6.20 Å². The fourth-order valence-corrected chi connectivity index (χ4v) is 3.82. The molecule has 2 aromatic rings. The number of aryl methyl sites for hydroxylation is 1. The Morgan fingerprint density at radius 2 is 1.92 bits per heavy atom. The maximum atomic E-state index is 13.0. The number of pyridine rings is 1. The molecule has 0 aliphatic carbocycles. The Labute approximate surface area is 150 Å². The first-order valence-corrected chi connectivity index (χ1v) is 9.06. The van der Waals surface area contributed by atoms with Crippen LogP contribution < -0.4 is 0 Å². The molecule has 0 N–H and O–H groups in total. The molecule has 5 heteroatoms. The largest absolute Gasteiger partial charge is 0.346 e. The number of nitrogens with zero attached hydrogens (tertiary/aromatic N) is 4. The third kappa shape index (κ3) is 3.76. The first-order valence-electron chi connectivity index (χ1n) is 9.06. The summed E-state index contributed by atoms with van der Waals surface area (Å²) in [6.45, 7) is 12.7. The first-order chi connectivity index (χ1) is 12.0. The van der Waals surface area contributed by atoms with Gasteiger partial charge in [-0.25, -0.2) is 0 Å². The summed E-state index contributed by atoms with van der Waals surface area (Å²) in [5.74, 6) is 0.168. The highest BCUT2D eigenvalue weighted by molar-refractivity contribution is 5.95. The number of carbonyl (C=O) groups excluding carboxylic acids is 1. The van der Waals surface area contributed by atoms with E-state index in [1.165, 1.54) is 5.56 Å². The van der Waals surface area contributed by atoms with Crippen LogP contribution in [0.4, 0.5) is 0 Å². The van der Waals surface area contributed by atoms with Crippen LogP contribution in [0.2, 0.25) is 0 Å². The lowest BCUT2D eigenvalue weighted by Crippen LogP contribution is -2.48. The van der Waals surface area contributed by atoms with Gasteiger partial charge in [-0.05, 0) is 45.4 Å². The number of hydrogen-bond acceptors (Lipinski definition) is 3. The molecule has 134 valence electrons. The van der Waals surface area contributed by atoms with Crippen molar-refractivity contribution in [2.45, 2.75) is 40.3 Å². The highest BCUT2D eigenvalue weighted by Gasteiger charge is 2.25. The molecular formula is C20H28N4O. The minimum atomic E-state index is 0.168. The van der Waals surface area contributed by atoms with Gasteiger partial charge < -0.3 is 9.47 Å². The predicted octanol–water partition coefficient (Wildman–Crippen LogP) is 3.04. The van der Waals surface area contributed by atoms with Crippen LogP contribution in [-0.2, 0) is 6.54 Å². The molecular weight excluding hydrogens is 312 g/mol. The van der Waals surface area contributed by atoms with E-state index < -0.39 is 0 Å². The van der Waals surface area contributed by atoms with Crippen LogP contribution in [0.3, 0.4) is 0 Å². The minimum absolute atomic E-state index is 0.168. The van der Waals surface area contributed by atoms with Gasteiger partial charge in [-0.15, -0.1) is 0 Å². The van der Waals surface area contributed by atoms with Gasteiger partial charge in [0.25, 0.3) is 5.91 Å². The van der Waals surface area contributed by atoms with Crippen LogP contribution in [0.25, 0.3) is 0 Å². The lowest BCUT2D eigenvalue weighted by molar-refractivity contribution is 0.0627. The summed E-state index contributed by atoms with van der Waals surface area (Å²) >= 11 is 0. The van der Waals surface area contributed by atoms with Gasteiger partial charge in [-0.1, -0.05) is 6.07 Å². The van der Waals surface area contributed by atoms with Gasteiger partial charge in [0.2, 0.25) is 0 Å². The third-order valence-corrected chi connectivity index (χ3v) is 5.02. The topological polar surface area (TPSA) is 41.4 Å². The fraction of sp³-hybridized carbons (Fsp3) is 0.500. The first kappa shape index (κ1) is 17.7. The number of aromatic nitrogens is 2. The predicted molar refractivity (Wildman–Crippen MR) is 99.7 cm³/mol. The van der Waals surface area contributed by atoms with Gasteiger partial charge in [0.1, 0.15) is 0 Å². The van der Waals surface area contributed by atoms with Gasteiger partial charge in [0.15, 0.2) is 0 Å². The summed E-state index contributed by atoms with van der Waals surface area (Å²) in [6.07, 6.45) is 3.71. The van der Waals surface area contributed by atoms with Gasteiger partial charge >= 0.3 is 0 Å². The summed E-state index contributed by atoms with van der Waals surface area (Å²) in [4.78, 5) is 21.5. The second kappa shape index (κ2) is 7.40. The zero-order chi connectivity index (χ0) is 18.0. The maximum Gasteiger partial charge on any atom is 0.255 e. The summed E-state index contributed by atoms with van der Waals surface area (Å²) < 4.78 is 2.24. The van der Waals surface area contributed by atoms with E-state index in [0.29, 0.717) is 6.04 Å². The molecule has 1 aliphatic rings. The number of rotatable bonds is 4. The van der Waals surface area contributed by atoms with Crippen molar-refractivity contribution in [1.82, 2.24) is 19.4 Å². The molecule has 1 saturated heterocycles. The van der Waals surface area contributed by atoms with Gasteiger partial charge in [-0.2, -0.15) is 0 Å². The number of amides is 1. The summed E-state index contributed by atoms with van der Waals surface area (Å²) in [5, 5.41) is 0. The molecule has 3 rings (SSSR count). The smallest absolute Gasteiger partial charge is 0.255 e. The van der Waals surface area contributed by atoms with Gasteiger partial charge in [-0.3, -0.25) is 14.7 Å². The molecule has 0 atom stereocenters. The number of piperazine rings is 1. The van der Waals surface area contributed by atoms with E-state index in [1.807, 2.05) is 23.2 Å². The Hall–Kier alpha value is -2.14. The van der Waals surface area contributed by atoms with Crippen molar-refractivity contribution in [3.05, 3.63) is 53.1 Å². The van der Waals surface area contributed by atoms with E-state index in [4.69, 9.17) is 0 Å². The molecule has 1 aliphatic heterocycles. The van der Waals surface area contributed by atoms with Crippen molar-refractivity contribution in [3.8, 4) is 0 Å². The molecule has 1 fully saturated rings. The van der Waals surface area contributed by atoms with E-state index >= 15 is 0 Å². The molecule has 0 saturated carbocycles. The Bertz CT molecular complexity index is 728. The van der Waals surface area contributed by atoms with Crippen LogP contribution >= 0.6 is 0 Å². The number of hydrogen-bond donors (Lipinski definition) is 0. The summed E-state index contributed by atoms with van der Waals surface area (Å²) in [7, 11) is 0. The van der Waals surface area contributed by atoms with Crippen molar-refractivity contribution >= 4 is 5.91 Å². The summed E-state index contributed by atoms with van der Waals surface area (Å²) in [6, 6.07) is 6.49. The average molecular weight is 340 g/mol. The van der Waals surface area contributed by atoms with E-state index in [9.17, 15) is 4.79 Å². The van der Waals surface area contributed by atoms with Gasteiger partial charge in [0, 0.05) is 62.5 Å². The Kier molecular flexibility index (Phi) is 5.23. The zero-order valence-corrected chi connectivity index (χ0v) is 15.7.